The number of aryl methyl sites for hydroxylation is 1. The molecule has 0 saturated heterocycles. The van der Waals surface area contributed by atoms with E-state index in [1.54, 1.807) is 30.0 Å². The van der Waals surface area contributed by atoms with Crippen LogP contribution in [0.4, 0.5) is 0 Å². The van der Waals surface area contributed by atoms with Crippen molar-refractivity contribution in [3.05, 3.63) is 65.2 Å². The van der Waals surface area contributed by atoms with Crippen molar-refractivity contribution >= 4 is 23.6 Å². The lowest BCUT2D eigenvalue weighted by Crippen LogP contribution is -2.41. The van der Waals surface area contributed by atoms with E-state index in [-0.39, 0.29) is 11.8 Å². The smallest absolute Gasteiger partial charge is 0.267 e. The SMILES string of the molecule is CCc1ccc(C(=O)NNC(=O)c2ccccc2SC(C)C)cc1. The molecule has 0 spiro atoms. The second kappa shape index (κ2) is 8.55. The Balaban J connectivity index is 2.01. The van der Waals surface area contributed by atoms with Crippen LogP contribution in [0, 0.1) is 0 Å². The molecule has 2 aromatic carbocycles. The molecule has 24 heavy (non-hydrogen) atoms. The molecule has 0 aliphatic rings. The van der Waals surface area contributed by atoms with E-state index < -0.39 is 0 Å². The number of thioether (sulfide) groups is 1. The molecule has 2 amide bonds. The van der Waals surface area contributed by atoms with Crippen molar-refractivity contribution in [2.24, 2.45) is 0 Å². The molecule has 0 fully saturated rings. The van der Waals surface area contributed by atoms with Crippen LogP contribution < -0.4 is 10.9 Å². The Morgan fingerprint density at radius 1 is 0.958 bits per heavy atom. The van der Waals surface area contributed by atoms with Crippen molar-refractivity contribution < 1.29 is 9.59 Å². The molecule has 0 saturated carbocycles. The number of hydrogen-bond donors (Lipinski definition) is 2. The fourth-order valence-corrected chi connectivity index (χ4v) is 3.11. The van der Waals surface area contributed by atoms with Crippen LogP contribution in [-0.4, -0.2) is 17.1 Å². The number of carbonyl (C=O) groups excluding carboxylic acids is 2. The maximum absolute atomic E-state index is 12.3. The minimum atomic E-state index is -0.333. The highest BCUT2D eigenvalue weighted by Crippen LogP contribution is 2.26. The standard InChI is InChI=1S/C19H22N2O2S/c1-4-14-9-11-15(12-10-14)18(22)20-21-19(23)16-7-5-6-8-17(16)24-13(2)3/h5-13H,4H2,1-3H3,(H,20,22)(H,21,23). The van der Waals surface area contributed by atoms with Crippen molar-refractivity contribution in [2.75, 3.05) is 0 Å². The summed E-state index contributed by atoms with van der Waals surface area (Å²) in [5.41, 5.74) is 7.18. The van der Waals surface area contributed by atoms with E-state index in [0.29, 0.717) is 16.4 Å². The zero-order valence-corrected chi connectivity index (χ0v) is 14.9. The van der Waals surface area contributed by atoms with Gasteiger partial charge in [-0.15, -0.1) is 11.8 Å². The molecule has 0 aliphatic heterocycles. The third kappa shape index (κ3) is 4.86. The van der Waals surface area contributed by atoms with E-state index in [9.17, 15) is 9.59 Å². The predicted octanol–water partition coefficient (Wildman–Crippen LogP) is 3.82. The first-order valence-electron chi connectivity index (χ1n) is 7.96. The fourth-order valence-electron chi connectivity index (χ4n) is 2.16. The van der Waals surface area contributed by atoms with Crippen molar-refractivity contribution in [2.45, 2.75) is 37.3 Å². The normalized spacial score (nSPS) is 10.5. The van der Waals surface area contributed by atoms with Gasteiger partial charge in [-0.2, -0.15) is 0 Å². The van der Waals surface area contributed by atoms with Gasteiger partial charge in [0.2, 0.25) is 0 Å². The number of nitrogens with one attached hydrogen (secondary N) is 2. The van der Waals surface area contributed by atoms with Gasteiger partial charge >= 0.3 is 0 Å². The zero-order valence-electron chi connectivity index (χ0n) is 14.1. The maximum atomic E-state index is 12.3. The van der Waals surface area contributed by atoms with E-state index in [4.69, 9.17) is 0 Å². The molecule has 0 radical (unpaired) electrons. The first-order chi connectivity index (χ1) is 11.5. The van der Waals surface area contributed by atoms with Crippen LogP contribution in [0.25, 0.3) is 0 Å². The monoisotopic (exact) mass is 342 g/mol. The Morgan fingerprint density at radius 3 is 2.21 bits per heavy atom. The average molecular weight is 342 g/mol. The molecule has 0 aliphatic carbocycles. The molecule has 0 heterocycles. The van der Waals surface area contributed by atoms with Gasteiger partial charge in [-0.25, -0.2) is 0 Å². The maximum Gasteiger partial charge on any atom is 0.270 e. The second-order valence-electron chi connectivity index (χ2n) is 5.62. The van der Waals surface area contributed by atoms with E-state index >= 15 is 0 Å². The van der Waals surface area contributed by atoms with Crippen LogP contribution in [0.2, 0.25) is 0 Å². The van der Waals surface area contributed by atoms with Crippen LogP contribution in [0.3, 0.4) is 0 Å². The summed E-state index contributed by atoms with van der Waals surface area (Å²) in [6.45, 7) is 6.20. The van der Waals surface area contributed by atoms with Gasteiger partial charge in [0.1, 0.15) is 0 Å². The number of amides is 2. The molecule has 0 unspecified atom stereocenters. The van der Waals surface area contributed by atoms with Crippen molar-refractivity contribution in [1.29, 1.82) is 0 Å². The summed E-state index contributed by atoms with van der Waals surface area (Å²) in [5, 5.41) is 0.366. The van der Waals surface area contributed by atoms with Gasteiger partial charge in [-0.05, 0) is 36.2 Å². The molecule has 2 rings (SSSR count). The van der Waals surface area contributed by atoms with E-state index in [2.05, 4.69) is 31.6 Å². The van der Waals surface area contributed by atoms with E-state index in [1.165, 1.54) is 0 Å². The lowest BCUT2D eigenvalue weighted by molar-refractivity contribution is 0.0845. The quantitative estimate of drug-likeness (QED) is 0.641. The number of carbonyl (C=O) groups is 2. The zero-order chi connectivity index (χ0) is 17.5. The van der Waals surface area contributed by atoms with Gasteiger partial charge in [-0.1, -0.05) is 45.0 Å². The Labute approximate surface area is 147 Å². The van der Waals surface area contributed by atoms with Gasteiger partial charge < -0.3 is 0 Å². The van der Waals surface area contributed by atoms with Gasteiger partial charge in [0, 0.05) is 15.7 Å². The molecular formula is C19H22N2O2S. The Morgan fingerprint density at radius 2 is 1.58 bits per heavy atom. The fraction of sp³-hybridized carbons (Fsp3) is 0.263. The first kappa shape index (κ1) is 18.1. The number of hydrazine groups is 1. The summed E-state index contributed by atoms with van der Waals surface area (Å²) in [7, 11) is 0. The summed E-state index contributed by atoms with van der Waals surface area (Å²) >= 11 is 1.61. The summed E-state index contributed by atoms with van der Waals surface area (Å²) in [4.78, 5) is 25.4. The highest BCUT2D eigenvalue weighted by Gasteiger charge is 2.13. The van der Waals surface area contributed by atoms with E-state index in [0.717, 1.165) is 16.9 Å². The molecule has 2 N–H and O–H groups in total. The van der Waals surface area contributed by atoms with Crippen LogP contribution in [0.15, 0.2) is 53.4 Å². The molecular weight excluding hydrogens is 320 g/mol. The summed E-state index contributed by atoms with van der Waals surface area (Å²) in [6, 6.07) is 14.7. The lowest BCUT2D eigenvalue weighted by atomic mass is 10.1. The van der Waals surface area contributed by atoms with Gasteiger partial charge in [0.25, 0.3) is 11.8 Å². The first-order valence-corrected chi connectivity index (χ1v) is 8.84. The number of benzene rings is 2. The topological polar surface area (TPSA) is 58.2 Å². The van der Waals surface area contributed by atoms with Crippen LogP contribution in [-0.2, 0) is 6.42 Å². The molecule has 0 bridgehead atoms. The Bertz CT molecular complexity index is 712. The molecule has 2 aromatic rings. The lowest BCUT2D eigenvalue weighted by Gasteiger charge is -2.12. The third-order valence-electron chi connectivity index (χ3n) is 3.41. The second-order valence-corrected chi connectivity index (χ2v) is 7.24. The molecule has 0 aromatic heterocycles. The Hall–Kier alpha value is -2.27. The third-order valence-corrected chi connectivity index (χ3v) is 4.49. The van der Waals surface area contributed by atoms with E-state index in [1.807, 2.05) is 30.3 Å². The minimum absolute atomic E-state index is 0.322. The molecule has 0 atom stereocenters. The van der Waals surface area contributed by atoms with Crippen molar-refractivity contribution in [3.8, 4) is 0 Å². The molecule has 126 valence electrons. The van der Waals surface area contributed by atoms with Crippen LogP contribution >= 0.6 is 11.8 Å². The predicted molar refractivity (Wildman–Crippen MR) is 98.2 cm³/mol. The van der Waals surface area contributed by atoms with Crippen LogP contribution in [0.1, 0.15) is 47.1 Å². The molecule has 4 nitrogen and oxygen atoms in total. The molecule has 5 heteroatoms. The summed E-state index contributed by atoms with van der Waals surface area (Å²) in [5.74, 6) is -0.655. The summed E-state index contributed by atoms with van der Waals surface area (Å²) < 4.78 is 0. The van der Waals surface area contributed by atoms with Crippen LogP contribution in [0.5, 0.6) is 0 Å². The Kier molecular flexibility index (Phi) is 6.44. The highest BCUT2D eigenvalue weighted by molar-refractivity contribution is 8.00. The average Bonchev–Trinajstić information content (AvgIpc) is 2.59. The highest BCUT2D eigenvalue weighted by atomic mass is 32.2. The van der Waals surface area contributed by atoms with Gasteiger partial charge in [0.15, 0.2) is 0 Å². The number of rotatable bonds is 5. The minimum Gasteiger partial charge on any atom is -0.267 e. The number of hydrogen-bond acceptors (Lipinski definition) is 3. The largest absolute Gasteiger partial charge is 0.270 e. The van der Waals surface area contributed by atoms with Gasteiger partial charge in [0.05, 0.1) is 5.56 Å². The van der Waals surface area contributed by atoms with Gasteiger partial charge in [-0.3, -0.25) is 20.4 Å². The van der Waals surface area contributed by atoms with Crippen molar-refractivity contribution in [3.63, 3.8) is 0 Å². The van der Waals surface area contributed by atoms with Crippen molar-refractivity contribution in [1.82, 2.24) is 10.9 Å². The summed E-state index contributed by atoms with van der Waals surface area (Å²) in [6.07, 6.45) is 0.920.